The van der Waals surface area contributed by atoms with Gasteiger partial charge in [0.2, 0.25) is 5.91 Å². The van der Waals surface area contributed by atoms with E-state index in [1.807, 2.05) is 30.5 Å². The Morgan fingerprint density at radius 1 is 1.08 bits per heavy atom. The van der Waals surface area contributed by atoms with E-state index in [4.69, 9.17) is 0 Å². The van der Waals surface area contributed by atoms with Crippen LogP contribution in [0.5, 0.6) is 0 Å². The number of para-hydroxylation sites is 1. The first-order valence-corrected chi connectivity index (χ1v) is 8.34. The zero-order chi connectivity index (χ0) is 18.5. The van der Waals surface area contributed by atoms with Gasteiger partial charge in [-0.25, -0.2) is 4.79 Å². The second-order valence-corrected chi connectivity index (χ2v) is 5.94. The number of anilines is 2. The number of aryl methyl sites for hydroxylation is 1. The monoisotopic (exact) mass is 351 g/mol. The summed E-state index contributed by atoms with van der Waals surface area (Å²) >= 11 is 0. The molecule has 0 fully saturated rings. The molecule has 1 N–H and O–H groups in total. The predicted molar refractivity (Wildman–Crippen MR) is 102 cm³/mol. The first-order valence-electron chi connectivity index (χ1n) is 8.34. The van der Waals surface area contributed by atoms with Gasteiger partial charge >= 0.3 is 6.09 Å². The smallest absolute Gasteiger partial charge is 0.413 e. The van der Waals surface area contributed by atoms with Crippen molar-refractivity contribution in [2.45, 2.75) is 13.0 Å². The van der Waals surface area contributed by atoms with Gasteiger partial charge in [-0.3, -0.25) is 9.69 Å². The zero-order valence-electron chi connectivity index (χ0n) is 14.8. The number of methoxy groups -OCH3 is 1. The minimum absolute atomic E-state index is 0.0585. The van der Waals surface area contributed by atoms with E-state index in [0.29, 0.717) is 24.3 Å². The summed E-state index contributed by atoms with van der Waals surface area (Å²) in [4.78, 5) is 25.1. The molecule has 0 saturated heterocycles. The summed E-state index contributed by atoms with van der Waals surface area (Å²) < 4.78 is 6.75. The van der Waals surface area contributed by atoms with Crippen LogP contribution in [0, 0.1) is 0 Å². The molecule has 2 aromatic carbocycles. The molecule has 0 atom stereocenters. The number of ether oxygens (including phenoxy) is 1. The Kier molecular flexibility index (Phi) is 5.22. The van der Waals surface area contributed by atoms with E-state index in [1.54, 1.807) is 31.3 Å². The number of rotatable bonds is 5. The first kappa shape index (κ1) is 17.5. The highest BCUT2D eigenvalue weighted by atomic mass is 16.5. The van der Waals surface area contributed by atoms with Gasteiger partial charge in [-0.05, 0) is 41.8 Å². The van der Waals surface area contributed by atoms with Crippen LogP contribution in [0.4, 0.5) is 16.2 Å². The summed E-state index contributed by atoms with van der Waals surface area (Å²) in [7, 11) is 2.96. The number of nitrogens with one attached hydrogen (secondary N) is 1. The lowest BCUT2D eigenvalue weighted by Crippen LogP contribution is -2.25. The lowest BCUT2D eigenvalue weighted by molar-refractivity contribution is -0.116. The highest BCUT2D eigenvalue weighted by Gasteiger charge is 2.11. The molecule has 0 spiro atoms. The third-order valence-electron chi connectivity index (χ3n) is 4.25. The third kappa shape index (κ3) is 3.85. The molecule has 0 aliphatic rings. The number of carbonyl (C=O) groups excluding carboxylic acids is 2. The van der Waals surface area contributed by atoms with E-state index < -0.39 is 6.09 Å². The van der Waals surface area contributed by atoms with Crippen molar-refractivity contribution >= 4 is 34.3 Å². The number of fused-ring (bicyclic) bond motifs is 1. The highest BCUT2D eigenvalue weighted by Crippen LogP contribution is 2.18. The van der Waals surface area contributed by atoms with Crippen molar-refractivity contribution in [3.8, 4) is 0 Å². The van der Waals surface area contributed by atoms with Crippen molar-refractivity contribution in [2.24, 2.45) is 0 Å². The van der Waals surface area contributed by atoms with Gasteiger partial charge in [0, 0.05) is 43.1 Å². The maximum absolute atomic E-state index is 12.2. The van der Waals surface area contributed by atoms with Gasteiger partial charge in [-0.1, -0.05) is 18.2 Å². The van der Waals surface area contributed by atoms with Gasteiger partial charge in [0.25, 0.3) is 0 Å². The minimum atomic E-state index is -0.444. The molecule has 1 heterocycles. The van der Waals surface area contributed by atoms with Crippen LogP contribution in [0.25, 0.3) is 10.9 Å². The van der Waals surface area contributed by atoms with Crippen molar-refractivity contribution in [1.29, 1.82) is 0 Å². The van der Waals surface area contributed by atoms with Crippen molar-refractivity contribution in [2.75, 3.05) is 24.4 Å². The second kappa shape index (κ2) is 7.74. The van der Waals surface area contributed by atoms with E-state index >= 15 is 0 Å². The molecule has 6 heteroatoms. The van der Waals surface area contributed by atoms with Crippen LogP contribution in [0.2, 0.25) is 0 Å². The zero-order valence-corrected chi connectivity index (χ0v) is 14.8. The second-order valence-electron chi connectivity index (χ2n) is 5.94. The Bertz CT molecular complexity index is 915. The Hall–Kier alpha value is -3.28. The minimum Gasteiger partial charge on any atom is -0.452 e. The molecule has 0 radical (unpaired) electrons. The summed E-state index contributed by atoms with van der Waals surface area (Å²) in [6, 6.07) is 17.2. The fourth-order valence-electron chi connectivity index (χ4n) is 2.79. The third-order valence-corrected chi connectivity index (χ3v) is 4.25. The molecule has 3 aromatic rings. The summed E-state index contributed by atoms with van der Waals surface area (Å²) in [5, 5.41) is 4.04. The molecule has 0 saturated carbocycles. The summed E-state index contributed by atoms with van der Waals surface area (Å²) in [6.45, 7) is 0.614. The molecular weight excluding hydrogens is 330 g/mol. The molecule has 0 bridgehead atoms. The topological polar surface area (TPSA) is 63.6 Å². The maximum atomic E-state index is 12.2. The molecule has 0 aliphatic heterocycles. The molecule has 0 unspecified atom stereocenters. The van der Waals surface area contributed by atoms with Crippen LogP contribution in [-0.4, -0.2) is 30.7 Å². The standard InChI is InChI=1S/C20H21N3O3/c1-22(20(25)26-2)17-9-7-16(8-10-17)21-19(24)12-14-23-13-11-15-5-3-4-6-18(15)23/h3-11,13H,12,14H2,1-2H3,(H,21,24). The van der Waals surface area contributed by atoms with Crippen molar-refractivity contribution in [3.05, 3.63) is 60.8 Å². The average molecular weight is 351 g/mol. The predicted octanol–water partition coefficient (Wildman–Crippen LogP) is 3.87. The maximum Gasteiger partial charge on any atom is 0.413 e. The molecule has 2 amide bonds. The fourth-order valence-corrected chi connectivity index (χ4v) is 2.79. The lowest BCUT2D eigenvalue weighted by Gasteiger charge is -2.16. The average Bonchev–Trinajstić information content (AvgIpc) is 3.09. The summed E-state index contributed by atoms with van der Waals surface area (Å²) in [6.07, 6.45) is 1.93. The summed E-state index contributed by atoms with van der Waals surface area (Å²) in [5.41, 5.74) is 2.50. The number of hydrogen-bond donors (Lipinski definition) is 1. The van der Waals surface area contributed by atoms with Crippen LogP contribution >= 0.6 is 0 Å². The van der Waals surface area contributed by atoms with Crippen molar-refractivity contribution in [1.82, 2.24) is 4.57 Å². The number of amides is 2. The number of benzene rings is 2. The Balaban J connectivity index is 1.57. The molecule has 134 valence electrons. The largest absolute Gasteiger partial charge is 0.452 e. The number of carbonyl (C=O) groups is 2. The van der Waals surface area contributed by atoms with E-state index in [0.717, 1.165) is 5.52 Å². The number of hydrogen-bond acceptors (Lipinski definition) is 3. The quantitative estimate of drug-likeness (QED) is 0.759. The molecule has 0 aliphatic carbocycles. The first-order chi connectivity index (χ1) is 12.6. The van der Waals surface area contributed by atoms with E-state index in [9.17, 15) is 9.59 Å². The molecule has 3 rings (SSSR count). The van der Waals surface area contributed by atoms with Gasteiger partial charge in [-0.2, -0.15) is 0 Å². The van der Waals surface area contributed by atoms with Gasteiger partial charge in [0.15, 0.2) is 0 Å². The van der Waals surface area contributed by atoms with Crippen LogP contribution in [0.1, 0.15) is 6.42 Å². The van der Waals surface area contributed by atoms with E-state index in [1.165, 1.54) is 17.4 Å². The van der Waals surface area contributed by atoms with Crippen LogP contribution in [-0.2, 0) is 16.1 Å². The lowest BCUT2D eigenvalue weighted by atomic mass is 10.2. The Morgan fingerprint density at radius 3 is 2.54 bits per heavy atom. The van der Waals surface area contributed by atoms with E-state index in [-0.39, 0.29) is 5.91 Å². The van der Waals surface area contributed by atoms with Crippen LogP contribution < -0.4 is 10.2 Å². The normalized spacial score (nSPS) is 10.5. The highest BCUT2D eigenvalue weighted by molar-refractivity contribution is 5.92. The van der Waals surface area contributed by atoms with Gasteiger partial charge in [0.05, 0.1) is 7.11 Å². The number of nitrogens with zero attached hydrogens (tertiary/aromatic N) is 2. The Labute approximate surface area is 152 Å². The molecule has 26 heavy (non-hydrogen) atoms. The molecule has 6 nitrogen and oxygen atoms in total. The van der Waals surface area contributed by atoms with Gasteiger partial charge in [0.1, 0.15) is 0 Å². The Morgan fingerprint density at radius 2 is 1.81 bits per heavy atom. The van der Waals surface area contributed by atoms with E-state index in [2.05, 4.69) is 20.7 Å². The number of aromatic nitrogens is 1. The van der Waals surface area contributed by atoms with Crippen molar-refractivity contribution in [3.63, 3.8) is 0 Å². The van der Waals surface area contributed by atoms with Crippen LogP contribution in [0.15, 0.2) is 60.8 Å². The van der Waals surface area contributed by atoms with Crippen molar-refractivity contribution < 1.29 is 14.3 Å². The SMILES string of the molecule is COC(=O)N(C)c1ccc(NC(=O)CCn2ccc3ccccc32)cc1. The van der Waals surface area contributed by atoms with Gasteiger partial charge in [-0.15, -0.1) is 0 Å². The van der Waals surface area contributed by atoms with Gasteiger partial charge < -0.3 is 14.6 Å². The molecule has 1 aromatic heterocycles. The molecular formula is C20H21N3O3. The van der Waals surface area contributed by atoms with Crippen LogP contribution in [0.3, 0.4) is 0 Å². The summed E-state index contributed by atoms with van der Waals surface area (Å²) in [5.74, 6) is -0.0585. The fraction of sp³-hybridized carbons (Fsp3) is 0.200.